The number of hydrogen-bond acceptors (Lipinski definition) is 3. The molecule has 1 N–H and O–H groups in total. The Hall–Kier alpha value is -1.36. The van der Waals surface area contributed by atoms with E-state index in [1.807, 2.05) is 13.0 Å². The fraction of sp³-hybridized carbons (Fsp3) is 0.500. The van der Waals surface area contributed by atoms with Gasteiger partial charge in [-0.2, -0.15) is 13.5 Å². The van der Waals surface area contributed by atoms with Crippen molar-refractivity contribution >= 4 is 16.2 Å². The highest BCUT2D eigenvalue weighted by Crippen LogP contribution is 2.16. The summed E-state index contributed by atoms with van der Waals surface area (Å²) in [5.41, 5.74) is 1.63. The van der Waals surface area contributed by atoms with Crippen LogP contribution in [-0.2, 0) is 10.0 Å². The number of benzene rings is 1. The Balaban J connectivity index is 2.90. The van der Waals surface area contributed by atoms with Crippen molar-refractivity contribution in [2.24, 2.45) is 11.0 Å². The molecule has 5 heteroatoms. The van der Waals surface area contributed by atoms with Gasteiger partial charge in [0.25, 0.3) is 10.0 Å². The number of nitrogens with zero attached hydrogens (tertiary/aromatic N) is 1. The summed E-state index contributed by atoms with van der Waals surface area (Å²) in [7, 11) is -3.57. The molecule has 106 valence electrons. The van der Waals surface area contributed by atoms with Crippen LogP contribution in [0.3, 0.4) is 0 Å². The van der Waals surface area contributed by atoms with Crippen molar-refractivity contribution in [2.75, 3.05) is 0 Å². The summed E-state index contributed by atoms with van der Waals surface area (Å²) in [6.07, 6.45) is 3.57. The number of rotatable bonds is 6. The van der Waals surface area contributed by atoms with Gasteiger partial charge in [-0.1, -0.05) is 26.0 Å². The molecule has 19 heavy (non-hydrogen) atoms. The Kier molecular flexibility index (Phi) is 5.54. The third-order valence-corrected chi connectivity index (χ3v) is 4.50. The summed E-state index contributed by atoms with van der Waals surface area (Å²) >= 11 is 0. The van der Waals surface area contributed by atoms with Gasteiger partial charge in [0, 0.05) is 6.21 Å². The van der Waals surface area contributed by atoms with Crippen LogP contribution in [0.5, 0.6) is 0 Å². The monoisotopic (exact) mass is 282 g/mol. The second-order valence-corrected chi connectivity index (χ2v) is 6.35. The van der Waals surface area contributed by atoms with Crippen molar-refractivity contribution in [1.29, 1.82) is 0 Å². The maximum atomic E-state index is 12.1. The summed E-state index contributed by atoms with van der Waals surface area (Å²) < 4.78 is 24.3. The number of hydrogen-bond donors (Lipinski definition) is 1. The predicted octanol–water partition coefficient (Wildman–Crippen LogP) is 3.00. The zero-order valence-electron chi connectivity index (χ0n) is 12.0. The van der Waals surface area contributed by atoms with E-state index < -0.39 is 10.0 Å². The summed E-state index contributed by atoms with van der Waals surface area (Å²) in [6, 6.07) is 5.35. The molecular formula is C14H22N2O2S. The average molecular weight is 282 g/mol. The van der Waals surface area contributed by atoms with Crippen LogP contribution in [0.1, 0.15) is 37.8 Å². The van der Waals surface area contributed by atoms with Crippen LogP contribution >= 0.6 is 0 Å². The lowest BCUT2D eigenvalue weighted by molar-refractivity contribution is 0.582. The lowest BCUT2D eigenvalue weighted by Crippen LogP contribution is -2.20. The fourth-order valence-corrected chi connectivity index (χ4v) is 2.88. The van der Waals surface area contributed by atoms with Gasteiger partial charge in [-0.3, -0.25) is 0 Å². The molecule has 0 saturated carbocycles. The second-order valence-electron chi connectivity index (χ2n) is 4.72. The standard InChI is InChI=1S/C14H22N2O2S/c1-5-13(6-2)10-15-16-19(17,18)14-9-11(3)7-8-12(14)4/h7-10,13,16H,5-6H2,1-4H3/b15-10-. The Morgan fingerprint density at radius 2 is 1.89 bits per heavy atom. The summed E-state index contributed by atoms with van der Waals surface area (Å²) in [6.45, 7) is 7.75. The summed E-state index contributed by atoms with van der Waals surface area (Å²) in [4.78, 5) is 2.57. The van der Waals surface area contributed by atoms with E-state index >= 15 is 0 Å². The smallest absolute Gasteiger partial charge is 0.200 e. The highest BCUT2D eigenvalue weighted by molar-refractivity contribution is 7.89. The average Bonchev–Trinajstić information content (AvgIpc) is 2.37. The molecule has 0 aliphatic rings. The minimum Gasteiger partial charge on any atom is -0.200 e. The number of sulfonamides is 1. The van der Waals surface area contributed by atoms with Gasteiger partial charge in [0.05, 0.1) is 4.90 Å². The molecule has 0 fully saturated rings. The van der Waals surface area contributed by atoms with E-state index in [1.54, 1.807) is 25.3 Å². The van der Waals surface area contributed by atoms with E-state index in [2.05, 4.69) is 23.8 Å². The molecule has 0 radical (unpaired) electrons. The lowest BCUT2D eigenvalue weighted by Gasteiger charge is -2.09. The molecule has 0 atom stereocenters. The van der Waals surface area contributed by atoms with Crippen LogP contribution < -0.4 is 4.83 Å². The topological polar surface area (TPSA) is 58.5 Å². The first-order valence-corrected chi connectivity index (χ1v) is 8.01. The van der Waals surface area contributed by atoms with E-state index in [0.717, 1.165) is 24.0 Å². The van der Waals surface area contributed by atoms with Crippen LogP contribution in [0.15, 0.2) is 28.2 Å². The molecule has 1 aromatic rings. The predicted molar refractivity (Wildman–Crippen MR) is 78.8 cm³/mol. The van der Waals surface area contributed by atoms with Crippen molar-refractivity contribution in [3.63, 3.8) is 0 Å². The molecule has 0 unspecified atom stereocenters. The first kappa shape index (κ1) is 15.7. The van der Waals surface area contributed by atoms with Gasteiger partial charge in [0.2, 0.25) is 0 Å². The number of hydrazone groups is 1. The van der Waals surface area contributed by atoms with E-state index in [1.165, 1.54) is 0 Å². The Bertz CT molecular complexity index is 547. The molecule has 0 aliphatic carbocycles. The molecule has 1 aromatic carbocycles. The Morgan fingerprint density at radius 3 is 2.47 bits per heavy atom. The number of nitrogens with one attached hydrogen (secondary N) is 1. The Morgan fingerprint density at radius 1 is 1.26 bits per heavy atom. The second kappa shape index (κ2) is 6.70. The quantitative estimate of drug-likeness (QED) is 0.644. The minimum atomic E-state index is -3.57. The summed E-state index contributed by atoms with van der Waals surface area (Å²) in [5.74, 6) is 0.307. The van der Waals surface area contributed by atoms with Crippen LogP contribution in [0, 0.1) is 19.8 Å². The van der Waals surface area contributed by atoms with Crippen LogP contribution in [-0.4, -0.2) is 14.6 Å². The molecule has 0 amide bonds. The maximum Gasteiger partial charge on any atom is 0.276 e. The summed E-state index contributed by atoms with van der Waals surface area (Å²) in [5, 5.41) is 3.87. The van der Waals surface area contributed by atoms with Crippen molar-refractivity contribution in [3.05, 3.63) is 29.3 Å². The molecule has 0 aromatic heterocycles. The molecule has 0 saturated heterocycles. The van der Waals surface area contributed by atoms with Crippen molar-refractivity contribution in [2.45, 2.75) is 45.4 Å². The van der Waals surface area contributed by atoms with Crippen LogP contribution in [0.2, 0.25) is 0 Å². The SMILES string of the molecule is CCC(/C=N\NS(=O)(=O)c1cc(C)ccc1C)CC. The van der Waals surface area contributed by atoms with Gasteiger partial charge < -0.3 is 0 Å². The van der Waals surface area contributed by atoms with Crippen molar-refractivity contribution < 1.29 is 8.42 Å². The maximum absolute atomic E-state index is 12.1. The largest absolute Gasteiger partial charge is 0.276 e. The van der Waals surface area contributed by atoms with E-state index in [0.29, 0.717) is 5.92 Å². The first-order valence-electron chi connectivity index (χ1n) is 6.53. The molecule has 0 aliphatic heterocycles. The van der Waals surface area contributed by atoms with Gasteiger partial charge in [-0.25, -0.2) is 4.83 Å². The van der Waals surface area contributed by atoms with Gasteiger partial charge in [0.15, 0.2) is 0 Å². The van der Waals surface area contributed by atoms with Crippen molar-refractivity contribution in [3.8, 4) is 0 Å². The normalized spacial score (nSPS) is 12.3. The first-order chi connectivity index (χ1) is 8.90. The minimum absolute atomic E-state index is 0.286. The molecule has 0 spiro atoms. The zero-order chi connectivity index (χ0) is 14.5. The fourth-order valence-electron chi connectivity index (χ4n) is 1.75. The van der Waals surface area contributed by atoms with E-state index in [-0.39, 0.29) is 4.90 Å². The molecular weight excluding hydrogens is 260 g/mol. The third-order valence-electron chi connectivity index (χ3n) is 3.14. The highest BCUT2D eigenvalue weighted by Gasteiger charge is 2.15. The van der Waals surface area contributed by atoms with Crippen LogP contribution in [0.25, 0.3) is 0 Å². The van der Waals surface area contributed by atoms with E-state index in [4.69, 9.17) is 0 Å². The van der Waals surface area contributed by atoms with Crippen molar-refractivity contribution in [1.82, 2.24) is 4.83 Å². The highest BCUT2D eigenvalue weighted by atomic mass is 32.2. The van der Waals surface area contributed by atoms with Gasteiger partial charge >= 0.3 is 0 Å². The van der Waals surface area contributed by atoms with E-state index in [9.17, 15) is 8.42 Å². The molecule has 0 bridgehead atoms. The molecule has 4 nitrogen and oxygen atoms in total. The van der Waals surface area contributed by atoms with Crippen LogP contribution in [0.4, 0.5) is 0 Å². The number of aryl methyl sites for hydroxylation is 2. The molecule has 0 heterocycles. The van der Waals surface area contributed by atoms with Gasteiger partial charge in [0.1, 0.15) is 0 Å². The molecule has 1 rings (SSSR count). The lowest BCUT2D eigenvalue weighted by atomic mass is 10.1. The Labute approximate surface area is 116 Å². The zero-order valence-corrected chi connectivity index (χ0v) is 12.8. The van der Waals surface area contributed by atoms with Gasteiger partial charge in [-0.15, -0.1) is 0 Å². The third kappa shape index (κ3) is 4.35. The van der Waals surface area contributed by atoms with Gasteiger partial charge in [-0.05, 0) is 49.8 Å².